The third-order valence-electron chi connectivity index (χ3n) is 7.34. The predicted octanol–water partition coefficient (Wildman–Crippen LogP) is 5.38. The number of nitrogens with one attached hydrogen (secondary N) is 1. The molecule has 1 unspecified atom stereocenters. The van der Waals surface area contributed by atoms with Crippen LogP contribution in [0.4, 0.5) is 37.0 Å². The average Bonchev–Trinajstić information content (AvgIpc) is 3.55. The molecule has 2 aliphatic heterocycles. The van der Waals surface area contributed by atoms with E-state index < -0.39 is 46.8 Å². The van der Waals surface area contributed by atoms with Crippen molar-refractivity contribution in [3.63, 3.8) is 0 Å². The number of aromatic nitrogens is 3. The molecule has 4 heterocycles. The van der Waals surface area contributed by atoms with Crippen molar-refractivity contribution in [1.29, 1.82) is 0 Å². The van der Waals surface area contributed by atoms with Gasteiger partial charge in [-0.2, -0.15) is 31.4 Å². The van der Waals surface area contributed by atoms with E-state index in [1.54, 1.807) is 22.6 Å². The van der Waals surface area contributed by atoms with Gasteiger partial charge in [0.1, 0.15) is 5.82 Å². The van der Waals surface area contributed by atoms with Crippen molar-refractivity contribution in [2.75, 3.05) is 18.8 Å². The van der Waals surface area contributed by atoms with E-state index in [-0.39, 0.29) is 5.56 Å². The number of pyridine rings is 1. The number of urea groups is 1. The molecule has 3 N–H and O–H groups in total. The zero-order valence-electron chi connectivity index (χ0n) is 20.2. The van der Waals surface area contributed by atoms with Crippen molar-refractivity contribution >= 4 is 11.8 Å². The molecule has 3 aromatic rings. The van der Waals surface area contributed by atoms with E-state index in [0.717, 1.165) is 23.9 Å². The molecule has 0 bridgehead atoms. The minimum Gasteiger partial charge on any atom is -0.383 e. The lowest BCUT2D eigenvalue weighted by Gasteiger charge is -2.25. The Kier molecular flexibility index (Phi) is 6.07. The van der Waals surface area contributed by atoms with E-state index >= 15 is 0 Å². The smallest absolute Gasteiger partial charge is 0.383 e. The highest BCUT2D eigenvalue weighted by Gasteiger charge is 2.47. The summed E-state index contributed by atoms with van der Waals surface area (Å²) in [6.45, 7) is 2.93. The molecule has 2 aliphatic rings. The summed E-state index contributed by atoms with van der Waals surface area (Å²) in [5.74, 6) is -0.610. The van der Waals surface area contributed by atoms with Gasteiger partial charge in [0.05, 0.1) is 22.9 Å². The second-order valence-electron chi connectivity index (χ2n) is 9.79. The molecule has 2 aromatic heterocycles. The van der Waals surface area contributed by atoms with Gasteiger partial charge in [0.25, 0.3) is 0 Å². The van der Waals surface area contributed by atoms with Crippen LogP contribution in [0.15, 0.2) is 42.6 Å². The summed E-state index contributed by atoms with van der Waals surface area (Å²) in [4.78, 5) is 18.3. The number of carbonyl (C=O) groups is 1. The van der Waals surface area contributed by atoms with E-state index in [0.29, 0.717) is 43.7 Å². The number of alkyl halides is 6. The summed E-state index contributed by atoms with van der Waals surface area (Å²) in [5.41, 5.74) is 4.84. The number of carbonyl (C=O) groups excluding carboxylic acids is 1. The number of anilines is 1. The second-order valence-corrected chi connectivity index (χ2v) is 9.79. The fraction of sp³-hybridized carbons (Fsp3) is 0.400. The summed E-state index contributed by atoms with van der Waals surface area (Å²) >= 11 is 0. The van der Waals surface area contributed by atoms with Gasteiger partial charge in [0.2, 0.25) is 0 Å². The van der Waals surface area contributed by atoms with Crippen LogP contribution < -0.4 is 11.1 Å². The van der Waals surface area contributed by atoms with Gasteiger partial charge in [-0.05, 0) is 49.6 Å². The second kappa shape index (κ2) is 8.91. The third-order valence-corrected chi connectivity index (χ3v) is 7.34. The molecule has 202 valence electrons. The molecule has 13 heteroatoms. The number of nitrogen functional groups attached to an aromatic ring is 1. The standard InChI is InChI=1S/C25H24F6N6O/c1-14(15-3-2-4-17(9-15)24(26,27)28)34-22(38)36-7-5-23(13-36)6-8-37-20(23)11-19(35-37)16-10-18(25(29,30)31)21(32)33-12-16/h2-4,9-12,14H,5-8,13H2,1H3,(H2,32,33)(H,34,38)/t14-,23?/m0/s1. The average molecular weight is 538 g/mol. The van der Waals surface area contributed by atoms with E-state index in [4.69, 9.17) is 5.73 Å². The van der Waals surface area contributed by atoms with Crippen LogP contribution in [0.3, 0.4) is 0 Å². The minimum absolute atomic E-state index is 0.186. The number of nitrogens with zero attached hydrogens (tertiary/aromatic N) is 4. The zero-order chi connectivity index (χ0) is 27.5. The highest BCUT2D eigenvalue weighted by Crippen LogP contribution is 2.44. The molecule has 0 radical (unpaired) electrons. The Hall–Kier alpha value is -3.77. The molecule has 1 fully saturated rings. The van der Waals surface area contributed by atoms with Crippen LogP contribution in [0.25, 0.3) is 11.3 Å². The summed E-state index contributed by atoms with van der Waals surface area (Å²) in [6.07, 6.45) is -6.56. The first-order valence-corrected chi connectivity index (χ1v) is 11.9. The highest BCUT2D eigenvalue weighted by atomic mass is 19.4. The molecule has 2 amide bonds. The van der Waals surface area contributed by atoms with Crippen LogP contribution in [0, 0.1) is 0 Å². The maximum atomic E-state index is 13.3. The fourth-order valence-electron chi connectivity index (χ4n) is 5.25. The number of amides is 2. The molecule has 7 nitrogen and oxygen atoms in total. The van der Waals surface area contributed by atoms with Crippen LogP contribution in [-0.4, -0.2) is 38.8 Å². The van der Waals surface area contributed by atoms with Crippen LogP contribution in [-0.2, 0) is 24.3 Å². The van der Waals surface area contributed by atoms with Gasteiger partial charge in [-0.1, -0.05) is 12.1 Å². The van der Waals surface area contributed by atoms with E-state index in [1.165, 1.54) is 18.3 Å². The van der Waals surface area contributed by atoms with Gasteiger partial charge in [-0.3, -0.25) is 4.68 Å². The zero-order valence-corrected chi connectivity index (χ0v) is 20.2. The van der Waals surface area contributed by atoms with Crippen LogP contribution in [0.5, 0.6) is 0 Å². The lowest BCUT2D eigenvalue weighted by Crippen LogP contribution is -2.41. The van der Waals surface area contributed by atoms with Gasteiger partial charge < -0.3 is 16.0 Å². The maximum Gasteiger partial charge on any atom is 0.419 e. The molecular formula is C25H24F6N6O. The molecule has 1 aromatic carbocycles. The van der Waals surface area contributed by atoms with Crippen LogP contribution >= 0.6 is 0 Å². The number of aryl methyl sites for hydroxylation is 1. The Morgan fingerprint density at radius 2 is 1.82 bits per heavy atom. The Morgan fingerprint density at radius 1 is 1.08 bits per heavy atom. The molecule has 2 atom stereocenters. The van der Waals surface area contributed by atoms with E-state index in [2.05, 4.69) is 15.4 Å². The van der Waals surface area contributed by atoms with Crippen LogP contribution in [0.1, 0.15) is 48.2 Å². The number of fused-ring (bicyclic) bond motifs is 2. The molecule has 5 rings (SSSR count). The lowest BCUT2D eigenvalue weighted by molar-refractivity contribution is -0.138. The van der Waals surface area contributed by atoms with Gasteiger partial charge >= 0.3 is 18.4 Å². The molecule has 1 saturated heterocycles. The number of hydrogen-bond donors (Lipinski definition) is 2. The predicted molar refractivity (Wildman–Crippen MR) is 126 cm³/mol. The Balaban J connectivity index is 1.31. The molecule has 0 saturated carbocycles. The number of halogens is 6. The number of benzene rings is 1. The minimum atomic E-state index is -4.65. The molecular weight excluding hydrogens is 514 g/mol. The largest absolute Gasteiger partial charge is 0.419 e. The van der Waals surface area contributed by atoms with Gasteiger partial charge in [0, 0.05) is 42.5 Å². The summed E-state index contributed by atoms with van der Waals surface area (Å²) in [6, 6.07) is 6.43. The van der Waals surface area contributed by atoms with Crippen molar-refractivity contribution in [1.82, 2.24) is 25.0 Å². The summed E-state index contributed by atoms with van der Waals surface area (Å²) in [5, 5.41) is 7.25. The van der Waals surface area contributed by atoms with Gasteiger partial charge in [0.15, 0.2) is 0 Å². The first-order valence-electron chi connectivity index (χ1n) is 11.9. The Morgan fingerprint density at radius 3 is 2.53 bits per heavy atom. The topological polar surface area (TPSA) is 89.1 Å². The molecule has 1 spiro atoms. The van der Waals surface area contributed by atoms with Gasteiger partial charge in [-0.25, -0.2) is 9.78 Å². The van der Waals surface area contributed by atoms with Crippen LogP contribution in [0.2, 0.25) is 0 Å². The van der Waals surface area contributed by atoms with Crippen molar-refractivity contribution < 1.29 is 31.1 Å². The third kappa shape index (κ3) is 4.65. The SMILES string of the molecule is C[C@H](NC(=O)N1CCC2(CCn3nc(-c4cnc(N)c(C(F)(F)F)c4)cc32)C1)c1cccc(C(F)(F)F)c1. The summed E-state index contributed by atoms with van der Waals surface area (Å²) < 4.78 is 80.8. The monoisotopic (exact) mass is 538 g/mol. The molecule has 38 heavy (non-hydrogen) atoms. The molecule has 0 aliphatic carbocycles. The fourth-order valence-corrected chi connectivity index (χ4v) is 5.25. The van der Waals surface area contributed by atoms with Crippen molar-refractivity contribution in [3.8, 4) is 11.3 Å². The maximum absolute atomic E-state index is 13.3. The normalized spacial score (nSPS) is 20.1. The number of hydrogen-bond acceptors (Lipinski definition) is 4. The van der Waals surface area contributed by atoms with Gasteiger partial charge in [-0.15, -0.1) is 0 Å². The number of likely N-dealkylation sites (tertiary alicyclic amines) is 1. The first-order chi connectivity index (χ1) is 17.8. The highest BCUT2D eigenvalue weighted by molar-refractivity contribution is 5.75. The van der Waals surface area contributed by atoms with Crippen molar-refractivity contribution in [3.05, 3.63) is 65.0 Å². The van der Waals surface area contributed by atoms with E-state index in [1.807, 2.05) is 0 Å². The Labute approximate surface area is 213 Å². The van der Waals surface area contributed by atoms with E-state index in [9.17, 15) is 31.1 Å². The first kappa shape index (κ1) is 25.9. The Bertz CT molecular complexity index is 1380. The van der Waals surface area contributed by atoms with Crippen molar-refractivity contribution in [2.24, 2.45) is 0 Å². The van der Waals surface area contributed by atoms with Crippen molar-refractivity contribution in [2.45, 2.75) is 50.1 Å². The number of nitrogens with two attached hydrogens (primary N) is 1. The summed E-state index contributed by atoms with van der Waals surface area (Å²) in [7, 11) is 0. The quantitative estimate of drug-likeness (QED) is 0.438. The lowest BCUT2D eigenvalue weighted by atomic mass is 9.82. The number of rotatable bonds is 3.